The van der Waals surface area contributed by atoms with E-state index < -0.39 is 5.82 Å². The highest BCUT2D eigenvalue weighted by molar-refractivity contribution is 5.79. The molecule has 1 amide bonds. The van der Waals surface area contributed by atoms with Crippen LogP contribution in [0.1, 0.15) is 0 Å². The molecule has 1 N–H and O–H groups in total. The van der Waals surface area contributed by atoms with Crippen LogP contribution in [0, 0.1) is 5.82 Å². The maximum Gasteiger partial charge on any atom is 0.241 e. The molecule has 1 heterocycles. The first-order valence-electron chi connectivity index (χ1n) is 7.28. The van der Waals surface area contributed by atoms with Crippen molar-refractivity contribution in [1.29, 1.82) is 0 Å². The lowest BCUT2D eigenvalue weighted by atomic mass is 10.3. The minimum absolute atomic E-state index is 0.133. The van der Waals surface area contributed by atoms with E-state index in [1.165, 1.54) is 6.07 Å². The van der Waals surface area contributed by atoms with Crippen molar-refractivity contribution in [3.8, 4) is 5.75 Å². The van der Waals surface area contributed by atoms with Gasteiger partial charge >= 0.3 is 0 Å². The van der Waals surface area contributed by atoms with Crippen LogP contribution < -0.4 is 10.1 Å². The summed E-state index contributed by atoms with van der Waals surface area (Å²) in [6.45, 7) is 0.635. The minimum Gasteiger partial charge on any atom is -0.489 e. The Labute approximate surface area is 132 Å². The molecule has 0 fully saturated rings. The van der Waals surface area contributed by atoms with E-state index in [4.69, 9.17) is 4.74 Å². The highest BCUT2D eigenvalue weighted by Crippen LogP contribution is 2.14. The number of rotatable bonds is 6. The van der Waals surface area contributed by atoms with Gasteiger partial charge in [-0.15, -0.1) is 0 Å². The van der Waals surface area contributed by atoms with Gasteiger partial charge in [0.1, 0.15) is 13.2 Å². The second-order valence-corrected chi connectivity index (χ2v) is 5.01. The number of ether oxygens (including phenoxy) is 1. The highest BCUT2D eigenvalue weighted by atomic mass is 19.1. The summed E-state index contributed by atoms with van der Waals surface area (Å²) in [5.41, 5.74) is 0.850. The normalized spacial score (nSPS) is 10.7. The molecule has 3 aromatic rings. The molecule has 2 aromatic carbocycles. The largest absolute Gasteiger partial charge is 0.489 e. The number of hydrogen-bond donors (Lipinski definition) is 1. The first-order valence-corrected chi connectivity index (χ1v) is 7.28. The number of halogens is 1. The summed E-state index contributed by atoms with van der Waals surface area (Å²) in [4.78, 5) is 11.9. The molecule has 1 aromatic heterocycles. The van der Waals surface area contributed by atoms with Crippen molar-refractivity contribution >= 4 is 16.8 Å². The van der Waals surface area contributed by atoms with Gasteiger partial charge in [0.15, 0.2) is 11.6 Å². The number of aromatic nitrogens is 2. The van der Waals surface area contributed by atoms with Crippen molar-refractivity contribution in [2.45, 2.75) is 6.54 Å². The quantitative estimate of drug-likeness (QED) is 0.711. The van der Waals surface area contributed by atoms with Gasteiger partial charge in [-0.3, -0.25) is 9.48 Å². The van der Waals surface area contributed by atoms with E-state index in [1.54, 1.807) is 22.9 Å². The molecule has 0 spiro atoms. The molecule has 0 aliphatic heterocycles. The third kappa shape index (κ3) is 3.85. The molecule has 0 unspecified atom stereocenters. The smallest absolute Gasteiger partial charge is 0.241 e. The number of fused-ring (bicyclic) bond motifs is 1. The van der Waals surface area contributed by atoms with E-state index in [1.807, 2.05) is 30.5 Å². The molecule has 23 heavy (non-hydrogen) atoms. The molecule has 0 bridgehead atoms. The molecular formula is C17H16FN3O2. The zero-order chi connectivity index (χ0) is 16.1. The standard InChI is InChI=1S/C17H16FN3O2/c18-14-6-2-4-8-16(14)23-10-9-19-17(22)12-21-11-13-5-1-3-7-15(13)20-21/h1-8,11H,9-10,12H2,(H,19,22). The van der Waals surface area contributed by atoms with Gasteiger partial charge in [-0.25, -0.2) is 4.39 Å². The van der Waals surface area contributed by atoms with E-state index in [0.717, 1.165) is 10.9 Å². The Morgan fingerprint density at radius 2 is 1.96 bits per heavy atom. The molecule has 0 saturated heterocycles. The number of nitrogens with one attached hydrogen (secondary N) is 1. The molecular weight excluding hydrogens is 297 g/mol. The van der Waals surface area contributed by atoms with Crippen LogP contribution in [0.2, 0.25) is 0 Å². The minimum atomic E-state index is -0.415. The number of para-hydroxylation sites is 1. The Kier molecular flexibility index (Phi) is 4.52. The van der Waals surface area contributed by atoms with E-state index in [-0.39, 0.29) is 24.8 Å². The van der Waals surface area contributed by atoms with Crippen LogP contribution in [-0.4, -0.2) is 28.8 Å². The topological polar surface area (TPSA) is 56.2 Å². The summed E-state index contributed by atoms with van der Waals surface area (Å²) >= 11 is 0. The molecule has 0 aliphatic carbocycles. The Bertz CT molecular complexity index is 783. The van der Waals surface area contributed by atoms with Gasteiger partial charge in [-0.1, -0.05) is 30.3 Å². The van der Waals surface area contributed by atoms with Gasteiger partial charge in [0.25, 0.3) is 0 Å². The number of carbonyl (C=O) groups is 1. The third-order valence-electron chi connectivity index (χ3n) is 3.29. The van der Waals surface area contributed by atoms with E-state index >= 15 is 0 Å². The van der Waals surface area contributed by atoms with Crippen molar-refractivity contribution in [1.82, 2.24) is 15.1 Å². The summed E-state index contributed by atoms with van der Waals surface area (Å²) in [5.74, 6) is -0.405. The van der Waals surface area contributed by atoms with Gasteiger partial charge in [-0.2, -0.15) is 5.10 Å². The summed E-state index contributed by atoms with van der Waals surface area (Å²) < 4.78 is 20.2. The van der Waals surface area contributed by atoms with Crippen molar-refractivity contribution in [3.05, 3.63) is 60.5 Å². The average molecular weight is 313 g/mol. The fourth-order valence-electron chi connectivity index (χ4n) is 2.21. The first-order chi connectivity index (χ1) is 11.2. The van der Waals surface area contributed by atoms with Crippen molar-refractivity contribution in [2.24, 2.45) is 0 Å². The average Bonchev–Trinajstić information content (AvgIpc) is 2.95. The van der Waals surface area contributed by atoms with E-state index in [9.17, 15) is 9.18 Å². The number of nitrogens with zero attached hydrogens (tertiary/aromatic N) is 2. The van der Waals surface area contributed by atoms with Crippen molar-refractivity contribution in [2.75, 3.05) is 13.2 Å². The lowest BCUT2D eigenvalue weighted by Gasteiger charge is -2.08. The second kappa shape index (κ2) is 6.91. The monoisotopic (exact) mass is 313 g/mol. The Hall–Kier alpha value is -2.89. The van der Waals surface area contributed by atoms with Crippen molar-refractivity contribution < 1.29 is 13.9 Å². The zero-order valence-electron chi connectivity index (χ0n) is 12.4. The van der Waals surface area contributed by atoms with Crippen LogP contribution in [0.25, 0.3) is 10.9 Å². The molecule has 118 valence electrons. The van der Waals surface area contributed by atoms with Crippen LogP contribution >= 0.6 is 0 Å². The highest BCUT2D eigenvalue weighted by Gasteiger charge is 2.06. The first kappa shape index (κ1) is 15.0. The van der Waals surface area contributed by atoms with E-state index in [0.29, 0.717) is 6.54 Å². The molecule has 6 heteroatoms. The fourth-order valence-corrected chi connectivity index (χ4v) is 2.21. The number of amides is 1. The lowest BCUT2D eigenvalue weighted by molar-refractivity contribution is -0.121. The van der Waals surface area contributed by atoms with Crippen molar-refractivity contribution in [3.63, 3.8) is 0 Å². The van der Waals surface area contributed by atoms with Crippen LogP contribution in [0.15, 0.2) is 54.7 Å². The van der Waals surface area contributed by atoms with Gasteiger partial charge in [0, 0.05) is 11.6 Å². The van der Waals surface area contributed by atoms with Crippen LogP contribution in [0.5, 0.6) is 5.75 Å². The number of hydrogen-bond acceptors (Lipinski definition) is 3. The molecule has 0 atom stereocenters. The van der Waals surface area contributed by atoms with Crippen LogP contribution in [-0.2, 0) is 11.3 Å². The number of benzene rings is 2. The number of carbonyl (C=O) groups excluding carboxylic acids is 1. The van der Waals surface area contributed by atoms with Crippen LogP contribution in [0.4, 0.5) is 4.39 Å². The molecule has 0 radical (unpaired) electrons. The lowest BCUT2D eigenvalue weighted by Crippen LogP contribution is -2.31. The Balaban J connectivity index is 1.45. The van der Waals surface area contributed by atoms with Gasteiger partial charge < -0.3 is 10.1 Å². The molecule has 0 aliphatic rings. The fraction of sp³-hybridized carbons (Fsp3) is 0.176. The predicted molar refractivity (Wildman–Crippen MR) is 84.6 cm³/mol. The SMILES string of the molecule is O=C(Cn1cc2ccccc2n1)NCCOc1ccccc1F. The Morgan fingerprint density at radius 3 is 2.78 bits per heavy atom. The van der Waals surface area contributed by atoms with Gasteiger partial charge in [0.2, 0.25) is 5.91 Å². The van der Waals surface area contributed by atoms with Crippen LogP contribution in [0.3, 0.4) is 0 Å². The molecule has 0 saturated carbocycles. The van der Waals surface area contributed by atoms with Gasteiger partial charge in [0.05, 0.1) is 12.1 Å². The molecule has 3 rings (SSSR count). The summed E-state index contributed by atoms with van der Waals surface area (Å²) in [6, 6.07) is 13.8. The maximum atomic E-state index is 13.3. The third-order valence-corrected chi connectivity index (χ3v) is 3.29. The summed E-state index contributed by atoms with van der Waals surface area (Å²) in [5, 5.41) is 8.02. The maximum absolute atomic E-state index is 13.3. The zero-order valence-corrected chi connectivity index (χ0v) is 12.4. The predicted octanol–water partition coefficient (Wildman–Crippen LogP) is 2.37. The summed E-state index contributed by atoms with van der Waals surface area (Å²) in [6.07, 6.45) is 1.82. The molecule has 5 nitrogen and oxygen atoms in total. The summed E-state index contributed by atoms with van der Waals surface area (Å²) in [7, 11) is 0. The van der Waals surface area contributed by atoms with Gasteiger partial charge in [-0.05, 0) is 18.2 Å². The van der Waals surface area contributed by atoms with E-state index in [2.05, 4.69) is 10.4 Å². The second-order valence-electron chi connectivity index (χ2n) is 5.01. The Morgan fingerprint density at radius 1 is 1.17 bits per heavy atom.